The number of para-hydroxylation sites is 2. The number of ether oxygens (including phenoxy) is 6. The Hall–Kier alpha value is -5.66. The van der Waals surface area contributed by atoms with Crippen molar-refractivity contribution in [3.05, 3.63) is 118 Å². The second kappa shape index (κ2) is 25.8. The summed E-state index contributed by atoms with van der Waals surface area (Å²) in [6.45, 7) is 1.73. The van der Waals surface area contributed by atoms with E-state index in [-0.39, 0.29) is 69.2 Å². The van der Waals surface area contributed by atoms with Crippen LogP contribution < -0.4 is 31.2 Å². The molecule has 2 heterocycles. The van der Waals surface area contributed by atoms with Gasteiger partial charge in [0.1, 0.15) is 24.7 Å². The third kappa shape index (κ3) is 15.4. The Labute approximate surface area is 360 Å². The lowest BCUT2D eigenvalue weighted by atomic mass is 9.97. The molecule has 20 heteroatoms. The van der Waals surface area contributed by atoms with Gasteiger partial charge in [0.2, 0.25) is 0 Å². The van der Waals surface area contributed by atoms with Crippen molar-refractivity contribution in [1.82, 2.24) is 5.32 Å². The Balaban J connectivity index is 0.000000355. The van der Waals surface area contributed by atoms with E-state index < -0.39 is 52.6 Å². The van der Waals surface area contributed by atoms with Crippen molar-refractivity contribution in [3.8, 4) is 11.5 Å². The molecule has 0 aliphatic carbocycles. The second-order valence-electron chi connectivity index (χ2n) is 12.4. The smallest absolute Gasteiger partial charge is 0.407 e. The number of fused-ring (bicyclic) bond motifs is 2. The molecule has 0 saturated carbocycles. The van der Waals surface area contributed by atoms with Crippen LogP contribution in [0.1, 0.15) is 64.2 Å². The Morgan fingerprint density at radius 2 is 1.16 bits per heavy atom. The van der Waals surface area contributed by atoms with Crippen LogP contribution in [0.4, 0.5) is 38.5 Å². The maximum Gasteiger partial charge on any atom is 0.407 e. The summed E-state index contributed by atoms with van der Waals surface area (Å²) in [7, 11) is 3.02. The molecule has 14 nitrogen and oxygen atoms in total. The van der Waals surface area contributed by atoms with E-state index in [1.165, 1.54) is 26.4 Å². The average molecular weight is 902 g/mol. The van der Waals surface area contributed by atoms with E-state index in [2.05, 4.69) is 25.4 Å². The van der Waals surface area contributed by atoms with E-state index >= 15 is 0 Å². The molecule has 0 aromatic heterocycles. The first-order chi connectivity index (χ1) is 28.3. The number of benzene rings is 4. The number of amides is 3. The number of anilines is 2. The maximum atomic E-state index is 13.4. The van der Waals surface area contributed by atoms with Crippen molar-refractivity contribution in [1.29, 1.82) is 0 Å². The summed E-state index contributed by atoms with van der Waals surface area (Å²) < 4.78 is 82.4. The highest BCUT2D eigenvalue weighted by molar-refractivity contribution is 6.61. The van der Waals surface area contributed by atoms with Crippen LogP contribution >= 0.6 is 24.0 Å². The molecule has 2 aliphatic rings. The Bertz CT molecular complexity index is 2100. The van der Waals surface area contributed by atoms with Crippen molar-refractivity contribution in [2.45, 2.75) is 32.4 Å². The van der Waals surface area contributed by atoms with Crippen LogP contribution in [0.25, 0.3) is 0 Å². The van der Waals surface area contributed by atoms with Gasteiger partial charge in [0.25, 0.3) is 11.8 Å². The van der Waals surface area contributed by atoms with Gasteiger partial charge < -0.3 is 50.1 Å². The predicted octanol–water partition coefficient (Wildman–Crippen LogP) is 8.48. The van der Waals surface area contributed by atoms with Crippen molar-refractivity contribution in [2.75, 3.05) is 64.5 Å². The van der Waals surface area contributed by atoms with Crippen LogP contribution in [-0.4, -0.2) is 77.2 Å². The second-order valence-corrected chi connectivity index (χ2v) is 12.7. The number of carbonyl (C=O) groups excluding carboxylic acids is 4. The molecule has 5 N–H and O–H groups in total. The fourth-order valence-electron chi connectivity index (χ4n) is 5.54. The first kappa shape index (κ1) is 51.5. The van der Waals surface area contributed by atoms with Gasteiger partial charge in [0.15, 0.2) is 23.3 Å². The SMILES string of the molecule is C.COCCOC(=O)Cl.COCCOC(=O)NC1CCOc2c(C(=O)Nc3ccc(F)c(F)c3)cccc21.Cl.NC1CCOc2c(C(=O)Nc3ccc(F)c(F)c3)cccc21. The monoisotopic (exact) mass is 900 g/mol. The summed E-state index contributed by atoms with van der Waals surface area (Å²) in [6, 6.07) is 15.7. The zero-order chi connectivity index (χ0) is 42.9. The third-order valence-corrected chi connectivity index (χ3v) is 8.46. The molecule has 6 rings (SSSR count). The highest BCUT2D eigenvalue weighted by atomic mass is 35.5. The van der Waals surface area contributed by atoms with Crippen molar-refractivity contribution in [2.24, 2.45) is 5.73 Å². The van der Waals surface area contributed by atoms with E-state index in [0.717, 1.165) is 29.8 Å². The standard InChI is InChI=1S/C20H20F2N2O5.C16H14F2N2O2.C4H7ClO3.CH4.ClH/c1-27-9-10-29-20(26)24-17-7-8-28-18-13(17)3-2-4-14(18)19(25)23-12-5-6-15(21)16(22)11-12;17-12-5-4-9(8-13(12)18)20-16(21)11-3-1-2-10-14(19)6-7-22-15(10)11;1-7-2-3-8-4(5)6;;/h2-6,11,17H,7-10H2,1H3,(H,23,25)(H,24,26);1-5,8,14H,6-7,19H2,(H,20,21);2-3H2,1H3;1H4;1H. The van der Waals surface area contributed by atoms with Crippen molar-refractivity contribution >= 4 is 58.7 Å². The van der Waals surface area contributed by atoms with Crippen LogP contribution in [0.5, 0.6) is 11.5 Å². The van der Waals surface area contributed by atoms with E-state index in [9.17, 15) is 36.7 Å². The number of nitrogens with two attached hydrogens (primary N) is 1. The lowest BCUT2D eigenvalue weighted by Gasteiger charge is -2.27. The summed E-state index contributed by atoms with van der Waals surface area (Å²) >= 11 is 4.80. The molecule has 61 heavy (non-hydrogen) atoms. The van der Waals surface area contributed by atoms with E-state index in [0.29, 0.717) is 48.7 Å². The zero-order valence-corrected chi connectivity index (χ0v) is 33.8. The number of hydrogen-bond acceptors (Lipinski definition) is 11. The molecule has 4 aromatic carbocycles. The predicted molar refractivity (Wildman–Crippen MR) is 221 cm³/mol. The van der Waals surface area contributed by atoms with Crippen LogP contribution in [0.2, 0.25) is 0 Å². The number of hydrogen-bond donors (Lipinski definition) is 4. The minimum Gasteiger partial charge on any atom is -0.492 e. The topological polar surface area (TPSA) is 186 Å². The zero-order valence-electron chi connectivity index (χ0n) is 32.2. The Kier molecular flexibility index (Phi) is 21.8. The minimum atomic E-state index is -1.06. The molecule has 0 bridgehead atoms. The lowest BCUT2D eigenvalue weighted by molar-refractivity contribution is 0.0946. The number of nitrogens with one attached hydrogen (secondary N) is 3. The highest BCUT2D eigenvalue weighted by Gasteiger charge is 2.28. The van der Waals surface area contributed by atoms with Crippen LogP contribution in [-0.2, 0) is 18.9 Å². The van der Waals surface area contributed by atoms with Crippen LogP contribution in [0.3, 0.4) is 0 Å². The summed E-state index contributed by atoms with van der Waals surface area (Å²) in [5.41, 5.74) is 7.41. The summed E-state index contributed by atoms with van der Waals surface area (Å²) in [6.07, 6.45) is 0.582. The van der Waals surface area contributed by atoms with Gasteiger partial charge in [-0.2, -0.15) is 0 Å². The molecule has 332 valence electrons. The Morgan fingerprint density at radius 3 is 1.66 bits per heavy atom. The number of halogens is 6. The molecule has 3 amide bonds. The average Bonchev–Trinajstić information content (AvgIpc) is 3.21. The molecule has 0 saturated heterocycles. The number of rotatable bonds is 11. The molecule has 2 atom stereocenters. The first-order valence-electron chi connectivity index (χ1n) is 17.9. The third-order valence-electron chi connectivity index (χ3n) is 8.35. The quantitative estimate of drug-likeness (QED) is 0.0643. The molecule has 4 aromatic rings. The van der Waals surface area contributed by atoms with Gasteiger partial charge in [-0.3, -0.25) is 9.59 Å². The van der Waals surface area contributed by atoms with E-state index in [1.54, 1.807) is 30.3 Å². The van der Waals surface area contributed by atoms with Gasteiger partial charge in [0, 0.05) is 79.3 Å². The van der Waals surface area contributed by atoms with Gasteiger partial charge in [-0.25, -0.2) is 27.2 Å². The molecule has 0 fully saturated rings. The van der Waals surface area contributed by atoms with Crippen LogP contribution in [0, 0.1) is 23.3 Å². The van der Waals surface area contributed by atoms with Crippen molar-refractivity contribution < 1.29 is 65.2 Å². The molecule has 2 aliphatic heterocycles. The molecular formula is C41H46Cl2F4N4O10. The number of alkyl carbamates (subject to hydrolysis) is 1. The number of methoxy groups -OCH3 is 2. The van der Waals surface area contributed by atoms with Gasteiger partial charge in [-0.05, 0) is 36.4 Å². The minimum absolute atomic E-state index is 0. The molecular weight excluding hydrogens is 855 g/mol. The fraction of sp³-hybridized carbons (Fsp3) is 0.317. The van der Waals surface area contributed by atoms with E-state index in [4.69, 9.17) is 36.3 Å². The fourth-order valence-corrected chi connectivity index (χ4v) is 5.61. The van der Waals surface area contributed by atoms with Gasteiger partial charge in [-0.15, -0.1) is 12.4 Å². The van der Waals surface area contributed by atoms with Crippen LogP contribution in [0.15, 0.2) is 72.8 Å². The number of carbonyl (C=O) groups is 4. The summed E-state index contributed by atoms with van der Waals surface area (Å²) in [4.78, 5) is 46.7. The van der Waals surface area contributed by atoms with Gasteiger partial charge in [-0.1, -0.05) is 31.7 Å². The largest absolute Gasteiger partial charge is 0.492 e. The van der Waals surface area contributed by atoms with Gasteiger partial charge >= 0.3 is 11.5 Å². The maximum absolute atomic E-state index is 13.4. The van der Waals surface area contributed by atoms with Gasteiger partial charge in [0.05, 0.1) is 43.6 Å². The molecule has 0 spiro atoms. The normalized spacial score (nSPS) is 14.3. The summed E-state index contributed by atoms with van der Waals surface area (Å²) in [5.74, 6) is -4.30. The molecule has 0 radical (unpaired) electrons. The lowest BCUT2D eigenvalue weighted by Crippen LogP contribution is -2.33. The highest BCUT2D eigenvalue weighted by Crippen LogP contribution is 2.36. The Morgan fingerprint density at radius 1 is 0.689 bits per heavy atom. The first-order valence-corrected chi connectivity index (χ1v) is 18.2. The van der Waals surface area contributed by atoms with E-state index in [1.807, 2.05) is 6.07 Å². The van der Waals surface area contributed by atoms with Crippen molar-refractivity contribution in [3.63, 3.8) is 0 Å². The molecule has 2 unspecified atom stereocenters. The summed E-state index contributed by atoms with van der Waals surface area (Å²) in [5, 5.41) is 7.78.